The number of benzene rings is 1. The molecule has 2 N–H and O–H groups in total. The summed E-state index contributed by atoms with van der Waals surface area (Å²) < 4.78 is 38.1. The average molecular weight is 329 g/mol. The summed E-state index contributed by atoms with van der Waals surface area (Å²) in [5, 5.41) is 27.9. The number of hydrogen-bond acceptors (Lipinski definition) is 3. The normalized spacial score (nSPS) is 15.7. The Kier molecular flexibility index (Phi) is 6.72. The third kappa shape index (κ3) is 4.50. The maximum absolute atomic E-state index is 12.7. The van der Waals surface area contributed by atoms with Crippen LogP contribution in [0, 0.1) is 11.3 Å². The first-order valence-electron chi connectivity index (χ1n) is 5.65. The van der Waals surface area contributed by atoms with E-state index in [1.807, 2.05) is 0 Å². The number of nitrogens with zero attached hydrogens (tertiary/aromatic N) is 1. The second kappa shape index (κ2) is 7.09. The topological polar surface area (TPSA) is 64.2 Å². The molecule has 0 saturated carbocycles. The van der Waals surface area contributed by atoms with Gasteiger partial charge in [-0.3, -0.25) is 0 Å². The summed E-state index contributed by atoms with van der Waals surface area (Å²) >= 11 is 0. The second-order valence-electron chi connectivity index (χ2n) is 4.46. The van der Waals surface area contributed by atoms with Gasteiger partial charge in [0.2, 0.25) is 0 Å². The standard InChI is InChI=1S/C13H14F3NO2.Fe/c1-7(18)12(8(2)19)10-3-9(6-17)4-11(5-10)13(14,15)16;/h3-5,7-8,12,18-19H,1-2H3;. The van der Waals surface area contributed by atoms with Crippen LogP contribution in [-0.4, -0.2) is 22.4 Å². The number of nitriles is 1. The van der Waals surface area contributed by atoms with Crippen LogP contribution >= 0.6 is 0 Å². The third-order valence-electron chi connectivity index (χ3n) is 2.84. The summed E-state index contributed by atoms with van der Waals surface area (Å²) in [6.07, 6.45) is -6.64. The van der Waals surface area contributed by atoms with Crippen molar-refractivity contribution in [3.63, 3.8) is 0 Å². The van der Waals surface area contributed by atoms with E-state index in [-0.39, 0.29) is 28.2 Å². The van der Waals surface area contributed by atoms with E-state index in [4.69, 9.17) is 5.26 Å². The van der Waals surface area contributed by atoms with Crippen molar-refractivity contribution in [1.82, 2.24) is 0 Å². The van der Waals surface area contributed by atoms with E-state index < -0.39 is 29.9 Å². The molecule has 0 aliphatic carbocycles. The van der Waals surface area contributed by atoms with Crippen LogP contribution in [0.2, 0.25) is 0 Å². The van der Waals surface area contributed by atoms with Crippen molar-refractivity contribution >= 4 is 0 Å². The van der Waals surface area contributed by atoms with Crippen molar-refractivity contribution in [3.05, 3.63) is 34.9 Å². The smallest absolute Gasteiger partial charge is 0.393 e. The minimum absolute atomic E-state index is 0. The van der Waals surface area contributed by atoms with Crippen molar-refractivity contribution in [2.45, 2.75) is 38.1 Å². The van der Waals surface area contributed by atoms with Gasteiger partial charge < -0.3 is 10.2 Å². The van der Waals surface area contributed by atoms with Crippen LogP contribution in [0.3, 0.4) is 0 Å². The zero-order valence-corrected chi connectivity index (χ0v) is 11.9. The Morgan fingerprint density at radius 3 is 1.95 bits per heavy atom. The first-order valence-corrected chi connectivity index (χ1v) is 5.65. The molecule has 1 aromatic rings. The van der Waals surface area contributed by atoms with Crippen LogP contribution in [0.1, 0.15) is 36.5 Å². The van der Waals surface area contributed by atoms with Crippen LogP contribution in [-0.2, 0) is 23.2 Å². The van der Waals surface area contributed by atoms with E-state index in [9.17, 15) is 23.4 Å². The van der Waals surface area contributed by atoms with Crippen molar-refractivity contribution in [1.29, 1.82) is 5.26 Å². The number of hydrogen-bond donors (Lipinski definition) is 2. The van der Waals surface area contributed by atoms with Gasteiger partial charge in [0.25, 0.3) is 0 Å². The van der Waals surface area contributed by atoms with Gasteiger partial charge in [-0.25, -0.2) is 0 Å². The molecule has 3 nitrogen and oxygen atoms in total. The number of rotatable bonds is 3. The van der Waals surface area contributed by atoms with Gasteiger partial charge in [-0.2, -0.15) is 18.4 Å². The molecule has 0 radical (unpaired) electrons. The number of alkyl halides is 3. The molecular weight excluding hydrogens is 315 g/mol. The summed E-state index contributed by atoms with van der Waals surface area (Å²) in [6, 6.07) is 4.49. The molecule has 1 rings (SSSR count). The van der Waals surface area contributed by atoms with E-state index >= 15 is 0 Å². The molecule has 0 bridgehead atoms. The van der Waals surface area contributed by atoms with E-state index in [1.165, 1.54) is 19.9 Å². The predicted octanol–water partition coefficient (Wildman–Crippen LogP) is 2.42. The summed E-state index contributed by atoms with van der Waals surface area (Å²) in [5.41, 5.74) is -1.03. The first kappa shape index (κ1) is 18.9. The zero-order chi connectivity index (χ0) is 14.8. The maximum Gasteiger partial charge on any atom is 0.416 e. The van der Waals surface area contributed by atoms with Crippen molar-refractivity contribution < 1.29 is 40.5 Å². The fourth-order valence-corrected chi connectivity index (χ4v) is 2.03. The van der Waals surface area contributed by atoms with E-state index in [1.54, 1.807) is 6.07 Å². The molecule has 0 spiro atoms. The molecule has 112 valence electrons. The van der Waals surface area contributed by atoms with Crippen molar-refractivity contribution in [3.8, 4) is 6.07 Å². The van der Waals surface area contributed by atoms with Crippen molar-refractivity contribution in [2.24, 2.45) is 0 Å². The SMILES string of the molecule is CC(O)C(c1cc(C#N)cc(C(F)(F)F)c1)C(C)O.[Fe]. The summed E-state index contributed by atoms with van der Waals surface area (Å²) in [4.78, 5) is 0. The molecule has 1 aromatic carbocycles. The summed E-state index contributed by atoms with van der Waals surface area (Å²) in [6.45, 7) is 2.76. The molecule has 0 fully saturated rings. The van der Waals surface area contributed by atoms with E-state index in [0.717, 1.165) is 12.1 Å². The monoisotopic (exact) mass is 329 g/mol. The van der Waals surface area contributed by atoms with Crippen LogP contribution < -0.4 is 0 Å². The molecule has 0 saturated heterocycles. The van der Waals surface area contributed by atoms with Gasteiger partial charge in [0.15, 0.2) is 0 Å². The van der Waals surface area contributed by atoms with Crippen LogP contribution in [0.15, 0.2) is 18.2 Å². The maximum atomic E-state index is 12.7. The Balaban J connectivity index is 0.00000361. The molecule has 0 amide bonds. The molecule has 7 heteroatoms. The largest absolute Gasteiger partial charge is 0.416 e. The molecule has 0 aromatic heterocycles. The quantitative estimate of drug-likeness (QED) is 0.837. The Hall–Kier alpha value is -1.06. The minimum Gasteiger partial charge on any atom is -0.393 e. The zero-order valence-electron chi connectivity index (χ0n) is 10.8. The predicted molar refractivity (Wildman–Crippen MR) is 62.3 cm³/mol. The van der Waals surface area contributed by atoms with Gasteiger partial charge in [-0.15, -0.1) is 0 Å². The van der Waals surface area contributed by atoms with Gasteiger partial charge in [0.1, 0.15) is 0 Å². The van der Waals surface area contributed by atoms with Crippen molar-refractivity contribution in [2.75, 3.05) is 0 Å². The molecular formula is C13H14F3FeNO2. The molecule has 2 atom stereocenters. The van der Waals surface area contributed by atoms with Gasteiger partial charge in [0, 0.05) is 23.0 Å². The van der Waals surface area contributed by atoms with Crippen LogP contribution in [0.5, 0.6) is 0 Å². The summed E-state index contributed by atoms with van der Waals surface area (Å²) in [5.74, 6) is -0.880. The second-order valence-corrected chi connectivity index (χ2v) is 4.46. The minimum atomic E-state index is -4.58. The van der Waals surface area contributed by atoms with Gasteiger partial charge in [-0.1, -0.05) is 0 Å². The molecule has 2 unspecified atom stereocenters. The molecule has 0 aliphatic rings. The molecule has 0 aliphatic heterocycles. The Morgan fingerprint density at radius 1 is 1.10 bits per heavy atom. The molecule has 20 heavy (non-hydrogen) atoms. The average Bonchev–Trinajstić information content (AvgIpc) is 2.26. The third-order valence-corrected chi connectivity index (χ3v) is 2.84. The fourth-order valence-electron chi connectivity index (χ4n) is 2.03. The van der Waals surface area contributed by atoms with Crippen LogP contribution in [0.4, 0.5) is 13.2 Å². The Bertz CT molecular complexity index is 487. The Morgan fingerprint density at radius 2 is 1.60 bits per heavy atom. The first-order chi connectivity index (χ1) is 8.66. The number of aliphatic hydroxyl groups is 2. The van der Waals surface area contributed by atoms with Gasteiger partial charge in [0.05, 0.1) is 29.4 Å². The van der Waals surface area contributed by atoms with Crippen LogP contribution in [0.25, 0.3) is 0 Å². The number of halogens is 3. The van der Waals surface area contributed by atoms with Gasteiger partial charge >= 0.3 is 6.18 Å². The number of aliphatic hydroxyl groups excluding tert-OH is 2. The Labute approximate surface area is 125 Å². The van der Waals surface area contributed by atoms with Gasteiger partial charge in [-0.05, 0) is 37.6 Å². The fraction of sp³-hybridized carbons (Fsp3) is 0.462. The molecule has 0 heterocycles. The summed E-state index contributed by atoms with van der Waals surface area (Å²) in [7, 11) is 0. The van der Waals surface area contributed by atoms with E-state index in [0.29, 0.717) is 0 Å². The van der Waals surface area contributed by atoms with E-state index in [2.05, 4.69) is 0 Å².